The van der Waals surface area contributed by atoms with Crippen LogP contribution in [-0.4, -0.2) is 6.13 Å². The van der Waals surface area contributed by atoms with Crippen molar-refractivity contribution in [2.45, 2.75) is 0 Å². The van der Waals surface area contributed by atoms with Crippen molar-refractivity contribution in [3.05, 3.63) is 58.2 Å². The molecule has 2 rings (SSSR count). The molecule has 0 saturated carbocycles. The minimum absolute atomic E-state index is 1.96. The molecule has 0 heterocycles. The molecule has 0 bridgehead atoms. The van der Waals surface area contributed by atoms with Gasteiger partial charge in [0, 0.05) is 10.9 Å². The Labute approximate surface area is 131 Å². The van der Waals surface area contributed by atoms with Gasteiger partial charge in [0.25, 0.3) is 0 Å². The van der Waals surface area contributed by atoms with E-state index in [-0.39, 0.29) is 0 Å². The van der Waals surface area contributed by atoms with Gasteiger partial charge >= 0.3 is 6.13 Å². The Morgan fingerprint density at radius 1 is 0.375 bits per heavy atom. The Bertz CT molecular complexity index is 725. The van der Waals surface area contributed by atoms with E-state index >= 15 is 0 Å². The Balaban J connectivity index is 2.84. The maximum absolute atomic E-state index is 13.6. The maximum Gasteiger partial charge on any atom is 0.328 e. The molecule has 128 valence electrons. The summed E-state index contributed by atoms with van der Waals surface area (Å²) in [6.45, 7) is 0. The molecule has 0 fully saturated rings. The molecule has 0 aliphatic carbocycles. The van der Waals surface area contributed by atoms with Gasteiger partial charge in [-0.3, -0.25) is 0 Å². The predicted molar refractivity (Wildman–Crippen MR) is 63.3 cm³/mol. The van der Waals surface area contributed by atoms with E-state index in [2.05, 4.69) is 0 Å². The van der Waals surface area contributed by atoms with Crippen LogP contribution in [0.5, 0.6) is 0 Å². The smallest absolute Gasteiger partial charge is 0.204 e. The van der Waals surface area contributed by atoms with Gasteiger partial charge in [-0.05, 0) is 0 Å². The zero-order chi connectivity index (χ0) is 18.5. The summed E-state index contributed by atoms with van der Waals surface area (Å²) in [5.41, 5.74) is -3.92. The highest BCUT2D eigenvalue weighted by Gasteiger charge is 2.38. The quantitative estimate of drug-likeness (QED) is 0.324. The molecule has 0 aromatic heterocycles. The lowest BCUT2D eigenvalue weighted by atomic mass is 9.60. The van der Waals surface area contributed by atoms with Gasteiger partial charge in [0.15, 0.2) is 58.2 Å². The van der Waals surface area contributed by atoms with Crippen LogP contribution in [0.1, 0.15) is 0 Å². The standard InChI is InChI=1S/C12BClF10/c14-13(1-3(15)7(19)11(23)8(20)4(1)16)2-5(17)9(21)12(24)10(22)6(2)18. The van der Waals surface area contributed by atoms with Gasteiger partial charge in [0.2, 0.25) is 0 Å². The minimum atomic E-state index is -2.89. The Morgan fingerprint density at radius 2 is 0.542 bits per heavy atom. The minimum Gasteiger partial charge on any atom is -0.204 e. The molecule has 0 N–H and O–H groups in total. The number of benzene rings is 2. The van der Waals surface area contributed by atoms with Crippen LogP contribution in [0.4, 0.5) is 43.9 Å². The van der Waals surface area contributed by atoms with E-state index in [1.165, 1.54) is 0 Å². The number of hydrogen-bond acceptors (Lipinski definition) is 0. The molecular weight excluding hydrogens is 380 g/mol. The van der Waals surface area contributed by atoms with Gasteiger partial charge in [-0.1, -0.05) is 0 Å². The van der Waals surface area contributed by atoms with E-state index in [1.807, 2.05) is 0 Å². The van der Waals surface area contributed by atoms with Gasteiger partial charge in [0.1, 0.15) is 0 Å². The van der Waals surface area contributed by atoms with Crippen LogP contribution in [0.25, 0.3) is 0 Å². The second-order valence-electron chi connectivity index (χ2n) is 4.33. The van der Waals surface area contributed by atoms with E-state index in [0.29, 0.717) is 0 Å². The molecule has 0 aliphatic heterocycles. The zero-order valence-electron chi connectivity index (χ0n) is 10.7. The molecule has 0 amide bonds. The summed E-state index contributed by atoms with van der Waals surface area (Å²) < 4.78 is 132. The van der Waals surface area contributed by atoms with Crippen molar-refractivity contribution in [2.24, 2.45) is 0 Å². The summed E-state index contributed by atoms with van der Waals surface area (Å²) in [5.74, 6) is -25.5. The summed E-state index contributed by atoms with van der Waals surface area (Å²) in [4.78, 5) is 0. The fourth-order valence-electron chi connectivity index (χ4n) is 1.83. The molecule has 0 unspecified atom stereocenters. The molecule has 0 aliphatic rings. The number of hydrogen-bond donors (Lipinski definition) is 0. The van der Waals surface area contributed by atoms with E-state index in [4.69, 9.17) is 11.5 Å². The molecule has 12 heteroatoms. The van der Waals surface area contributed by atoms with Crippen LogP contribution in [0.2, 0.25) is 0 Å². The van der Waals surface area contributed by atoms with Crippen molar-refractivity contribution >= 4 is 28.5 Å². The van der Waals surface area contributed by atoms with Gasteiger partial charge < -0.3 is 0 Å². The fraction of sp³-hybridized carbons (Fsp3) is 0. The van der Waals surface area contributed by atoms with Gasteiger partial charge in [-0.15, -0.1) is 0 Å². The largest absolute Gasteiger partial charge is 0.328 e. The van der Waals surface area contributed by atoms with Crippen molar-refractivity contribution in [1.82, 2.24) is 0 Å². The summed E-state index contributed by atoms with van der Waals surface area (Å²) in [7, 11) is 0. The normalized spacial score (nSPS) is 11.1. The first-order valence-electron chi connectivity index (χ1n) is 5.69. The summed E-state index contributed by atoms with van der Waals surface area (Å²) in [6.07, 6.45) is -2.89. The van der Waals surface area contributed by atoms with E-state index in [0.717, 1.165) is 0 Å². The average molecular weight is 380 g/mol. The highest BCUT2D eigenvalue weighted by molar-refractivity contribution is 7.21. The topological polar surface area (TPSA) is 0 Å². The van der Waals surface area contributed by atoms with Crippen molar-refractivity contribution in [2.75, 3.05) is 0 Å². The number of rotatable bonds is 2. The second-order valence-corrected chi connectivity index (χ2v) is 4.77. The third-order valence-corrected chi connectivity index (χ3v) is 3.43. The first-order chi connectivity index (χ1) is 11.0. The first kappa shape index (κ1) is 18.4. The second kappa shape index (κ2) is 6.19. The van der Waals surface area contributed by atoms with Crippen LogP contribution in [-0.2, 0) is 0 Å². The van der Waals surface area contributed by atoms with Crippen LogP contribution >= 0.6 is 11.5 Å². The molecule has 0 radical (unpaired) electrons. The lowest BCUT2D eigenvalue weighted by Crippen LogP contribution is -2.47. The van der Waals surface area contributed by atoms with Crippen LogP contribution in [0.3, 0.4) is 0 Å². The first-order valence-corrected chi connectivity index (χ1v) is 6.12. The third kappa shape index (κ3) is 2.50. The van der Waals surface area contributed by atoms with Crippen LogP contribution < -0.4 is 10.9 Å². The molecule has 2 aromatic rings. The van der Waals surface area contributed by atoms with Crippen molar-refractivity contribution in [1.29, 1.82) is 0 Å². The Morgan fingerprint density at radius 3 is 0.750 bits per heavy atom. The van der Waals surface area contributed by atoms with E-state index in [9.17, 15) is 43.9 Å². The molecule has 0 saturated heterocycles. The lowest BCUT2D eigenvalue weighted by molar-refractivity contribution is 0.382. The molecule has 0 atom stereocenters. The highest BCUT2D eigenvalue weighted by atomic mass is 35.5. The molecule has 0 nitrogen and oxygen atoms in total. The van der Waals surface area contributed by atoms with Crippen molar-refractivity contribution < 1.29 is 43.9 Å². The SMILES string of the molecule is Fc1c(F)c(F)c(B(Cl)c2c(F)c(F)c(F)c(F)c2F)c(F)c1F. The predicted octanol–water partition coefficient (Wildman–Crippen LogP) is 3.42. The fourth-order valence-corrected chi connectivity index (χ4v) is 2.22. The molecule has 2 aromatic carbocycles. The van der Waals surface area contributed by atoms with Gasteiger partial charge in [0.05, 0.1) is 0 Å². The lowest BCUT2D eigenvalue weighted by Gasteiger charge is -2.14. The maximum atomic E-state index is 13.6. The van der Waals surface area contributed by atoms with Crippen LogP contribution in [0.15, 0.2) is 0 Å². The van der Waals surface area contributed by atoms with Gasteiger partial charge in [-0.25, -0.2) is 43.9 Å². The van der Waals surface area contributed by atoms with Crippen molar-refractivity contribution in [3.8, 4) is 0 Å². The number of halogens is 11. The Kier molecular flexibility index (Phi) is 4.75. The summed E-state index contributed by atoms with van der Waals surface area (Å²) in [6, 6.07) is 0. The average Bonchev–Trinajstić information content (AvgIpc) is 2.55. The molecule has 0 spiro atoms. The van der Waals surface area contributed by atoms with Gasteiger partial charge in [-0.2, -0.15) is 11.5 Å². The molecular formula is C12BClF10. The summed E-state index contributed by atoms with van der Waals surface area (Å²) >= 11 is 5.27. The van der Waals surface area contributed by atoms with Crippen LogP contribution in [0, 0.1) is 58.2 Å². The Hall–Kier alpha value is -1.91. The monoisotopic (exact) mass is 380 g/mol. The van der Waals surface area contributed by atoms with E-state index < -0.39 is 75.2 Å². The van der Waals surface area contributed by atoms with E-state index in [1.54, 1.807) is 0 Å². The highest BCUT2D eigenvalue weighted by Crippen LogP contribution is 2.21. The summed E-state index contributed by atoms with van der Waals surface area (Å²) in [5, 5.41) is 0. The zero-order valence-corrected chi connectivity index (χ0v) is 11.5. The third-order valence-electron chi connectivity index (χ3n) is 2.99. The molecule has 24 heavy (non-hydrogen) atoms. The van der Waals surface area contributed by atoms with Crippen molar-refractivity contribution in [3.63, 3.8) is 0 Å².